The fourth-order valence-electron chi connectivity index (χ4n) is 1.48. The van der Waals surface area contributed by atoms with Gasteiger partial charge in [-0.3, -0.25) is 0 Å². The molecule has 88 valence electrons. The van der Waals surface area contributed by atoms with E-state index in [9.17, 15) is 0 Å². The van der Waals surface area contributed by atoms with Crippen LogP contribution in [-0.4, -0.2) is 19.9 Å². The molecule has 17 heavy (non-hydrogen) atoms. The van der Waals surface area contributed by atoms with Crippen LogP contribution in [0.15, 0.2) is 23.1 Å². The van der Waals surface area contributed by atoms with Gasteiger partial charge in [-0.05, 0) is 28.4 Å². The van der Waals surface area contributed by atoms with Crippen molar-refractivity contribution in [1.29, 1.82) is 0 Å². The number of aromatic amines is 1. The Kier molecular flexibility index (Phi) is 3.96. The summed E-state index contributed by atoms with van der Waals surface area (Å²) in [7, 11) is 0. The smallest absolute Gasteiger partial charge is 0.158 e. The number of aromatic nitrogens is 4. The highest BCUT2D eigenvalue weighted by atomic mass is 79.9. The molecular weight excluding hydrogens is 300 g/mol. The molecule has 0 aliphatic rings. The molecule has 0 aromatic carbocycles. The molecule has 0 spiro atoms. The van der Waals surface area contributed by atoms with Gasteiger partial charge in [0.15, 0.2) is 5.82 Å². The van der Waals surface area contributed by atoms with Gasteiger partial charge in [-0.25, -0.2) is 15.0 Å². The molecule has 4 nitrogen and oxygen atoms in total. The van der Waals surface area contributed by atoms with E-state index in [0.717, 1.165) is 28.7 Å². The largest absolute Gasteiger partial charge is 0.341 e. The molecule has 0 bridgehead atoms. The lowest BCUT2D eigenvalue weighted by Crippen LogP contribution is -1.99. The summed E-state index contributed by atoms with van der Waals surface area (Å²) in [4.78, 5) is 15.6. The molecule has 2 heterocycles. The number of aryl methyl sites for hydroxylation is 1. The SMILES string of the molecule is CCCc1[nH]c(-c2ccncn2)nc(=S)c1Br. The predicted molar refractivity (Wildman–Crippen MR) is 72.1 cm³/mol. The summed E-state index contributed by atoms with van der Waals surface area (Å²) in [5, 5.41) is 0. The molecule has 0 unspecified atom stereocenters. The minimum atomic E-state index is 0.556. The summed E-state index contributed by atoms with van der Waals surface area (Å²) >= 11 is 8.68. The van der Waals surface area contributed by atoms with Gasteiger partial charge in [-0.15, -0.1) is 0 Å². The molecule has 0 amide bonds. The van der Waals surface area contributed by atoms with E-state index < -0.39 is 0 Å². The van der Waals surface area contributed by atoms with Gasteiger partial charge in [-0.2, -0.15) is 0 Å². The Hall–Kier alpha value is -1.14. The Balaban J connectivity index is 2.53. The molecule has 0 aliphatic carbocycles. The van der Waals surface area contributed by atoms with Crippen molar-refractivity contribution in [3.8, 4) is 11.5 Å². The number of halogens is 1. The molecule has 2 rings (SSSR count). The quantitative estimate of drug-likeness (QED) is 0.884. The fourth-order valence-corrected chi connectivity index (χ4v) is 2.08. The second-order valence-corrected chi connectivity index (χ2v) is 4.71. The zero-order valence-corrected chi connectivity index (χ0v) is 11.7. The monoisotopic (exact) mass is 310 g/mol. The highest BCUT2D eigenvalue weighted by molar-refractivity contribution is 9.10. The van der Waals surface area contributed by atoms with E-state index in [1.165, 1.54) is 6.33 Å². The lowest BCUT2D eigenvalue weighted by molar-refractivity contribution is 0.863. The van der Waals surface area contributed by atoms with Gasteiger partial charge >= 0.3 is 0 Å². The summed E-state index contributed by atoms with van der Waals surface area (Å²) in [6.07, 6.45) is 5.14. The second kappa shape index (κ2) is 5.46. The van der Waals surface area contributed by atoms with E-state index in [1.54, 1.807) is 12.3 Å². The van der Waals surface area contributed by atoms with Crippen LogP contribution >= 0.6 is 28.1 Å². The van der Waals surface area contributed by atoms with Gasteiger partial charge in [0.2, 0.25) is 0 Å². The average Bonchev–Trinajstić information content (AvgIpc) is 2.36. The van der Waals surface area contributed by atoms with Gasteiger partial charge in [0.1, 0.15) is 16.7 Å². The zero-order valence-electron chi connectivity index (χ0n) is 9.27. The summed E-state index contributed by atoms with van der Waals surface area (Å²) in [5.41, 5.74) is 1.80. The van der Waals surface area contributed by atoms with Gasteiger partial charge in [0.05, 0.1) is 4.47 Å². The van der Waals surface area contributed by atoms with Crippen LogP contribution in [0.25, 0.3) is 11.5 Å². The highest BCUT2D eigenvalue weighted by Gasteiger charge is 2.07. The first-order valence-corrected chi connectivity index (χ1v) is 6.47. The van der Waals surface area contributed by atoms with Crippen molar-refractivity contribution in [2.24, 2.45) is 0 Å². The van der Waals surface area contributed by atoms with Crippen LogP contribution in [0.3, 0.4) is 0 Å². The molecule has 1 N–H and O–H groups in total. The number of rotatable bonds is 3. The van der Waals surface area contributed by atoms with Gasteiger partial charge in [0, 0.05) is 11.9 Å². The van der Waals surface area contributed by atoms with Crippen molar-refractivity contribution >= 4 is 28.1 Å². The molecule has 0 saturated carbocycles. The topological polar surface area (TPSA) is 54.5 Å². The normalized spacial score (nSPS) is 10.5. The summed E-state index contributed by atoms with van der Waals surface area (Å²) in [6.45, 7) is 2.12. The Bertz CT molecular complexity index is 567. The van der Waals surface area contributed by atoms with E-state index in [4.69, 9.17) is 12.2 Å². The maximum Gasteiger partial charge on any atom is 0.158 e. The van der Waals surface area contributed by atoms with Crippen molar-refractivity contribution in [2.75, 3.05) is 0 Å². The molecule has 6 heteroatoms. The summed E-state index contributed by atoms with van der Waals surface area (Å²) in [5.74, 6) is 0.684. The van der Waals surface area contributed by atoms with E-state index in [0.29, 0.717) is 10.5 Å². The Morgan fingerprint density at radius 3 is 2.94 bits per heavy atom. The number of hydrogen-bond donors (Lipinski definition) is 1. The minimum Gasteiger partial charge on any atom is -0.341 e. The number of H-pyrrole nitrogens is 1. The summed E-state index contributed by atoms with van der Waals surface area (Å²) < 4.78 is 1.42. The maximum atomic E-state index is 5.22. The molecule has 0 atom stereocenters. The fraction of sp³-hybridized carbons (Fsp3) is 0.273. The summed E-state index contributed by atoms with van der Waals surface area (Å²) in [6, 6.07) is 1.80. The molecular formula is C11H11BrN4S. The Morgan fingerprint density at radius 2 is 2.29 bits per heavy atom. The number of hydrogen-bond acceptors (Lipinski definition) is 4. The molecule has 0 saturated heterocycles. The van der Waals surface area contributed by atoms with Crippen molar-refractivity contribution < 1.29 is 0 Å². The lowest BCUT2D eigenvalue weighted by atomic mass is 10.2. The van der Waals surface area contributed by atoms with Crippen LogP contribution in [0.4, 0.5) is 0 Å². The molecule has 2 aromatic rings. The predicted octanol–water partition coefficient (Wildman–Crippen LogP) is 3.31. The van der Waals surface area contributed by atoms with Crippen molar-refractivity contribution in [3.63, 3.8) is 0 Å². The van der Waals surface area contributed by atoms with Crippen LogP contribution in [0.1, 0.15) is 19.0 Å². The first kappa shape index (κ1) is 12.3. The Morgan fingerprint density at radius 1 is 1.47 bits per heavy atom. The molecule has 2 aromatic heterocycles. The standard InChI is InChI=1S/C11H11BrN4S/c1-2-3-7-9(12)11(17)16-10(15-7)8-4-5-13-6-14-8/h4-6H,2-3H2,1H3,(H,15,16,17). The minimum absolute atomic E-state index is 0.556. The molecule has 0 radical (unpaired) electrons. The Labute approximate surface area is 113 Å². The van der Waals surface area contributed by atoms with Crippen LogP contribution < -0.4 is 0 Å². The van der Waals surface area contributed by atoms with Gasteiger partial charge in [0.25, 0.3) is 0 Å². The average molecular weight is 311 g/mol. The third kappa shape index (κ3) is 2.76. The van der Waals surface area contributed by atoms with Gasteiger partial charge < -0.3 is 4.98 Å². The van der Waals surface area contributed by atoms with Crippen molar-refractivity contribution in [2.45, 2.75) is 19.8 Å². The van der Waals surface area contributed by atoms with E-state index >= 15 is 0 Å². The maximum absolute atomic E-state index is 5.22. The third-order valence-corrected chi connectivity index (χ3v) is 3.67. The highest BCUT2D eigenvalue weighted by Crippen LogP contribution is 2.20. The number of nitrogens with zero attached hydrogens (tertiary/aromatic N) is 3. The van der Waals surface area contributed by atoms with Crippen LogP contribution in [0.2, 0.25) is 0 Å². The first-order chi connectivity index (χ1) is 8.22. The van der Waals surface area contributed by atoms with E-state index in [2.05, 4.69) is 42.8 Å². The third-order valence-electron chi connectivity index (χ3n) is 2.26. The van der Waals surface area contributed by atoms with Crippen LogP contribution in [-0.2, 0) is 6.42 Å². The lowest BCUT2D eigenvalue weighted by Gasteiger charge is -2.06. The first-order valence-electron chi connectivity index (χ1n) is 5.27. The zero-order chi connectivity index (χ0) is 12.3. The van der Waals surface area contributed by atoms with E-state index in [1.807, 2.05) is 0 Å². The van der Waals surface area contributed by atoms with Crippen molar-refractivity contribution in [1.82, 2.24) is 19.9 Å². The number of nitrogens with one attached hydrogen (secondary N) is 1. The molecule has 0 aliphatic heterocycles. The van der Waals surface area contributed by atoms with Crippen LogP contribution in [0, 0.1) is 4.64 Å². The van der Waals surface area contributed by atoms with E-state index in [-0.39, 0.29) is 0 Å². The van der Waals surface area contributed by atoms with Crippen LogP contribution in [0.5, 0.6) is 0 Å². The van der Waals surface area contributed by atoms with Gasteiger partial charge in [-0.1, -0.05) is 25.6 Å². The second-order valence-electron chi connectivity index (χ2n) is 3.53. The molecule has 0 fully saturated rings. The van der Waals surface area contributed by atoms with Crippen molar-refractivity contribution in [3.05, 3.63) is 33.4 Å².